The standard InChI is InChI=1S/C14H12N2O2S2/c17-20(18,14-9-15-10-19-14)16-8-11-5-6-12-3-1-2-4-13(12)7-11/h1-7,9-10,16H,8H2. The van der Waals surface area contributed by atoms with E-state index >= 15 is 0 Å². The molecule has 0 radical (unpaired) electrons. The lowest BCUT2D eigenvalue weighted by atomic mass is 10.1. The van der Waals surface area contributed by atoms with E-state index in [9.17, 15) is 8.42 Å². The van der Waals surface area contributed by atoms with E-state index in [-0.39, 0.29) is 10.8 Å². The first-order valence-electron chi connectivity index (χ1n) is 6.01. The summed E-state index contributed by atoms with van der Waals surface area (Å²) in [7, 11) is -3.46. The first-order chi connectivity index (χ1) is 9.65. The number of nitrogens with zero attached hydrogens (tertiary/aromatic N) is 1. The molecule has 0 bridgehead atoms. The van der Waals surface area contributed by atoms with Crippen molar-refractivity contribution in [2.45, 2.75) is 10.8 Å². The van der Waals surface area contributed by atoms with Gasteiger partial charge in [-0.15, -0.1) is 11.3 Å². The van der Waals surface area contributed by atoms with Crippen molar-refractivity contribution in [3.8, 4) is 0 Å². The zero-order chi connectivity index (χ0) is 14.0. The Kier molecular flexibility index (Phi) is 3.52. The molecule has 0 amide bonds. The van der Waals surface area contributed by atoms with E-state index in [1.54, 1.807) is 0 Å². The predicted molar refractivity (Wildman–Crippen MR) is 80.1 cm³/mol. The number of hydrogen-bond donors (Lipinski definition) is 1. The van der Waals surface area contributed by atoms with Gasteiger partial charge >= 0.3 is 0 Å². The van der Waals surface area contributed by atoms with Gasteiger partial charge in [-0.3, -0.25) is 4.98 Å². The molecule has 4 nitrogen and oxygen atoms in total. The van der Waals surface area contributed by atoms with Gasteiger partial charge in [-0.05, 0) is 22.4 Å². The Labute approximate surface area is 121 Å². The lowest BCUT2D eigenvalue weighted by molar-refractivity contribution is 0.583. The van der Waals surface area contributed by atoms with Crippen LogP contribution in [0.1, 0.15) is 5.56 Å². The van der Waals surface area contributed by atoms with E-state index in [0.717, 1.165) is 27.7 Å². The summed E-state index contributed by atoms with van der Waals surface area (Å²) >= 11 is 1.11. The van der Waals surface area contributed by atoms with Crippen molar-refractivity contribution in [1.29, 1.82) is 0 Å². The van der Waals surface area contributed by atoms with Crippen LogP contribution < -0.4 is 4.72 Å². The van der Waals surface area contributed by atoms with Crippen LogP contribution in [-0.2, 0) is 16.6 Å². The van der Waals surface area contributed by atoms with E-state index in [0.29, 0.717) is 0 Å². The highest BCUT2D eigenvalue weighted by molar-refractivity contribution is 7.91. The smallest absolute Gasteiger partial charge is 0.251 e. The first kappa shape index (κ1) is 13.2. The molecule has 20 heavy (non-hydrogen) atoms. The van der Waals surface area contributed by atoms with Crippen LogP contribution in [0.25, 0.3) is 10.8 Å². The average Bonchev–Trinajstić information content (AvgIpc) is 3.00. The van der Waals surface area contributed by atoms with Gasteiger partial charge in [0.25, 0.3) is 10.0 Å². The SMILES string of the molecule is O=S(=O)(NCc1ccc2ccccc2c1)c1cncs1. The number of thiazole rings is 1. The topological polar surface area (TPSA) is 59.1 Å². The Morgan fingerprint density at radius 3 is 2.65 bits per heavy atom. The van der Waals surface area contributed by atoms with Crippen LogP contribution in [0.15, 0.2) is 58.4 Å². The quantitative estimate of drug-likeness (QED) is 0.806. The number of rotatable bonds is 4. The van der Waals surface area contributed by atoms with Gasteiger partial charge in [-0.2, -0.15) is 0 Å². The molecule has 1 N–H and O–H groups in total. The fourth-order valence-corrected chi connectivity index (χ4v) is 3.79. The Balaban J connectivity index is 1.80. The van der Waals surface area contributed by atoms with Crippen LogP contribution in [-0.4, -0.2) is 13.4 Å². The average molecular weight is 304 g/mol. The van der Waals surface area contributed by atoms with Gasteiger partial charge in [0.2, 0.25) is 0 Å². The van der Waals surface area contributed by atoms with Crippen molar-refractivity contribution in [2.75, 3.05) is 0 Å². The van der Waals surface area contributed by atoms with E-state index in [4.69, 9.17) is 0 Å². The van der Waals surface area contributed by atoms with Crippen LogP contribution >= 0.6 is 11.3 Å². The Morgan fingerprint density at radius 1 is 1.10 bits per heavy atom. The zero-order valence-corrected chi connectivity index (χ0v) is 12.1. The summed E-state index contributed by atoms with van der Waals surface area (Å²) < 4.78 is 26.8. The minimum absolute atomic E-state index is 0.235. The molecule has 1 heterocycles. The lowest BCUT2D eigenvalue weighted by Crippen LogP contribution is -2.22. The second-order valence-corrected chi connectivity index (χ2v) is 7.21. The fourth-order valence-electron chi connectivity index (χ4n) is 1.94. The number of aromatic nitrogens is 1. The third kappa shape index (κ3) is 2.72. The third-order valence-electron chi connectivity index (χ3n) is 2.95. The number of hydrogen-bond acceptors (Lipinski definition) is 4. The highest BCUT2D eigenvalue weighted by atomic mass is 32.2. The molecule has 6 heteroatoms. The van der Waals surface area contributed by atoms with E-state index < -0.39 is 10.0 Å². The molecular weight excluding hydrogens is 292 g/mol. The van der Waals surface area contributed by atoms with Gasteiger partial charge in [0.1, 0.15) is 0 Å². The monoisotopic (exact) mass is 304 g/mol. The van der Waals surface area contributed by atoms with E-state index in [1.165, 1.54) is 11.7 Å². The molecule has 0 fully saturated rings. The van der Waals surface area contributed by atoms with Crippen molar-refractivity contribution in [3.05, 3.63) is 59.7 Å². The highest BCUT2D eigenvalue weighted by Gasteiger charge is 2.15. The fraction of sp³-hybridized carbons (Fsp3) is 0.0714. The van der Waals surface area contributed by atoms with Crippen molar-refractivity contribution in [3.63, 3.8) is 0 Å². The van der Waals surface area contributed by atoms with Gasteiger partial charge in [0.15, 0.2) is 4.21 Å². The third-order valence-corrected chi connectivity index (χ3v) is 5.63. The molecule has 3 rings (SSSR count). The Morgan fingerprint density at radius 2 is 1.90 bits per heavy atom. The molecule has 0 aliphatic heterocycles. The second kappa shape index (κ2) is 5.32. The molecule has 0 saturated carbocycles. The predicted octanol–water partition coefficient (Wildman–Crippen LogP) is 2.77. The Hall–Kier alpha value is -1.76. The van der Waals surface area contributed by atoms with E-state index in [2.05, 4.69) is 9.71 Å². The van der Waals surface area contributed by atoms with Gasteiger partial charge in [0, 0.05) is 6.54 Å². The van der Waals surface area contributed by atoms with Crippen LogP contribution in [0.4, 0.5) is 0 Å². The van der Waals surface area contributed by atoms with Crippen LogP contribution in [0.3, 0.4) is 0 Å². The summed E-state index contributed by atoms with van der Waals surface area (Å²) in [6, 6.07) is 13.9. The van der Waals surface area contributed by atoms with E-state index in [1.807, 2.05) is 42.5 Å². The van der Waals surface area contributed by atoms with Crippen LogP contribution in [0.2, 0.25) is 0 Å². The Bertz CT molecular complexity index is 827. The summed E-state index contributed by atoms with van der Waals surface area (Å²) in [6.07, 6.45) is 1.35. The molecule has 0 aliphatic rings. The molecular formula is C14H12N2O2S2. The maximum atomic E-state index is 12.0. The van der Waals surface area contributed by atoms with Crippen LogP contribution in [0, 0.1) is 0 Å². The molecule has 0 unspecified atom stereocenters. The highest BCUT2D eigenvalue weighted by Crippen LogP contribution is 2.17. The summed E-state index contributed by atoms with van der Waals surface area (Å²) in [4.78, 5) is 3.78. The minimum atomic E-state index is -3.46. The maximum Gasteiger partial charge on any atom is 0.251 e. The molecule has 2 aromatic carbocycles. The number of nitrogens with one attached hydrogen (secondary N) is 1. The molecule has 0 atom stereocenters. The lowest BCUT2D eigenvalue weighted by Gasteiger charge is -2.06. The summed E-state index contributed by atoms with van der Waals surface area (Å²) in [5, 5.41) is 2.24. The molecule has 102 valence electrons. The summed E-state index contributed by atoms with van der Waals surface area (Å²) in [6.45, 7) is 0.269. The maximum absolute atomic E-state index is 12.0. The van der Waals surface area contributed by atoms with Crippen molar-refractivity contribution < 1.29 is 8.42 Å². The number of benzene rings is 2. The molecule has 0 aliphatic carbocycles. The molecule has 0 spiro atoms. The number of sulfonamides is 1. The van der Waals surface area contributed by atoms with Crippen LogP contribution in [0.5, 0.6) is 0 Å². The summed E-state index contributed by atoms with van der Waals surface area (Å²) in [5.41, 5.74) is 2.43. The zero-order valence-electron chi connectivity index (χ0n) is 10.5. The van der Waals surface area contributed by atoms with Crippen molar-refractivity contribution in [2.24, 2.45) is 0 Å². The molecule has 1 aromatic heterocycles. The van der Waals surface area contributed by atoms with Gasteiger partial charge in [-0.1, -0.05) is 36.4 Å². The van der Waals surface area contributed by atoms with Gasteiger partial charge in [0.05, 0.1) is 11.7 Å². The first-order valence-corrected chi connectivity index (χ1v) is 8.37. The largest absolute Gasteiger partial charge is 0.252 e. The van der Waals surface area contributed by atoms with Gasteiger partial charge < -0.3 is 0 Å². The van der Waals surface area contributed by atoms with Crippen molar-refractivity contribution >= 4 is 32.1 Å². The van der Waals surface area contributed by atoms with Crippen molar-refractivity contribution in [1.82, 2.24) is 9.71 Å². The number of fused-ring (bicyclic) bond motifs is 1. The second-order valence-electron chi connectivity index (χ2n) is 4.33. The summed E-state index contributed by atoms with van der Waals surface area (Å²) in [5.74, 6) is 0. The van der Waals surface area contributed by atoms with Gasteiger partial charge in [-0.25, -0.2) is 13.1 Å². The molecule has 0 saturated heterocycles. The molecule has 3 aromatic rings. The normalized spacial score (nSPS) is 11.8. The minimum Gasteiger partial charge on any atom is -0.252 e.